The van der Waals surface area contributed by atoms with Crippen LogP contribution in [0.15, 0.2) is 18.3 Å². The van der Waals surface area contributed by atoms with E-state index in [1.165, 1.54) is 32.1 Å². The maximum absolute atomic E-state index is 6.06. The highest BCUT2D eigenvalue weighted by molar-refractivity contribution is 5.23. The number of pyridine rings is 1. The number of hydrogen-bond donors (Lipinski definition) is 1. The molecule has 1 aromatic rings. The fraction of sp³-hybridized carbons (Fsp3) is 0.688. The van der Waals surface area contributed by atoms with Gasteiger partial charge in [-0.05, 0) is 52.5 Å². The molecule has 2 rings (SSSR count). The smallest absolute Gasteiger partial charge is 0.123 e. The van der Waals surface area contributed by atoms with Crippen molar-refractivity contribution >= 4 is 0 Å². The van der Waals surface area contributed by atoms with E-state index in [0.717, 1.165) is 18.0 Å². The monoisotopic (exact) mass is 262 g/mol. The highest BCUT2D eigenvalue weighted by Crippen LogP contribution is 2.23. The second-order valence-corrected chi connectivity index (χ2v) is 6.46. The lowest BCUT2D eigenvalue weighted by atomic mass is 9.98. The first-order chi connectivity index (χ1) is 9.03. The number of rotatable bonds is 4. The van der Waals surface area contributed by atoms with Gasteiger partial charge in [-0.1, -0.05) is 6.42 Å². The van der Waals surface area contributed by atoms with Crippen molar-refractivity contribution in [2.45, 2.75) is 71.1 Å². The molecule has 0 atom stereocenters. The van der Waals surface area contributed by atoms with Gasteiger partial charge in [0.25, 0.3) is 0 Å². The van der Waals surface area contributed by atoms with E-state index in [9.17, 15) is 0 Å². The Hall–Kier alpha value is -1.09. The van der Waals surface area contributed by atoms with E-state index in [1.807, 2.05) is 12.3 Å². The zero-order chi connectivity index (χ0) is 13.7. The molecular formula is C16H26N2O. The number of ether oxygens (including phenoxy) is 1. The first-order valence-corrected chi connectivity index (χ1v) is 7.39. The summed E-state index contributed by atoms with van der Waals surface area (Å²) in [5, 5.41) is 3.45. The van der Waals surface area contributed by atoms with Crippen LogP contribution in [-0.4, -0.2) is 16.6 Å². The fourth-order valence-electron chi connectivity index (χ4n) is 2.36. The Morgan fingerprint density at radius 2 is 2.00 bits per heavy atom. The first kappa shape index (κ1) is 14.3. The van der Waals surface area contributed by atoms with Gasteiger partial charge in [-0.15, -0.1) is 0 Å². The number of hydrogen-bond acceptors (Lipinski definition) is 3. The Morgan fingerprint density at radius 1 is 1.26 bits per heavy atom. The van der Waals surface area contributed by atoms with E-state index >= 15 is 0 Å². The van der Waals surface area contributed by atoms with Crippen molar-refractivity contribution in [3.8, 4) is 5.75 Å². The molecule has 1 heterocycles. The van der Waals surface area contributed by atoms with E-state index in [-0.39, 0.29) is 5.54 Å². The Balaban J connectivity index is 1.90. The minimum absolute atomic E-state index is 0.113. The molecule has 1 N–H and O–H groups in total. The maximum atomic E-state index is 6.06. The van der Waals surface area contributed by atoms with Gasteiger partial charge in [-0.2, -0.15) is 0 Å². The highest BCUT2D eigenvalue weighted by atomic mass is 16.5. The van der Waals surface area contributed by atoms with E-state index in [1.54, 1.807) is 0 Å². The number of nitrogens with zero attached hydrogens (tertiary/aromatic N) is 1. The normalized spacial score (nSPS) is 17.4. The average Bonchev–Trinajstić information content (AvgIpc) is 2.37. The Labute approximate surface area is 116 Å². The molecule has 1 saturated carbocycles. The molecule has 1 aliphatic carbocycles. The lowest BCUT2D eigenvalue weighted by Crippen LogP contribution is -2.35. The van der Waals surface area contributed by atoms with Gasteiger partial charge in [0, 0.05) is 24.3 Å². The molecule has 106 valence electrons. The highest BCUT2D eigenvalue weighted by Gasteiger charge is 2.15. The van der Waals surface area contributed by atoms with Crippen molar-refractivity contribution in [2.24, 2.45) is 0 Å². The molecule has 0 saturated heterocycles. The maximum Gasteiger partial charge on any atom is 0.123 e. The third-order valence-electron chi connectivity index (χ3n) is 3.44. The molecule has 0 aliphatic heterocycles. The van der Waals surface area contributed by atoms with E-state index in [2.05, 4.69) is 37.1 Å². The third kappa shape index (κ3) is 5.19. The van der Waals surface area contributed by atoms with Gasteiger partial charge in [-0.3, -0.25) is 4.98 Å². The van der Waals surface area contributed by atoms with Crippen LogP contribution in [0.5, 0.6) is 5.75 Å². The Bertz CT molecular complexity index is 392. The van der Waals surface area contributed by atoms with Gasteiger partial charge in [-0.25, -0.2) is 0 Å². The molecule has 0 aromatic carbocycles. The van der Waals surface area contributed by atoms with Crippen LogP contribution in [0.1, 0.15) is 58.6 Å². The van der Waals surface area contributed by atoms with Gasteiger partial charge >= 0.3 is 0 Å². The topological polar surface area (TPSA) is 34.1 Å². The lowest BCUT2D eigenvalue weighted by Gasteiger charge is -2.23. The summed E-state index contributed by atoms with van der Waals surface area (Å²) in [6.45, 7) is 7.27. The summed E-state index contributed by atoms with van der Waals surface area (Å²) >= 11 is 0. The second-order valence-electron chi connectivity index (χ2n) is 6.46. The van der Waals surface area contributed by atoms with Crippen LogP contribution >= 0.6 is 0 Å². The molecule has 3 heteroatoms. The standard InChI is InChI=1S/C16H26N2O/c1-16(2,3)18-12-13-11-15(9-10-17-13)19-14-7-5-4-6-8-14/h9-11,14,18H,4-8,12H2,1-3H3. The SMILES string of the molecule is CC(C)(C)NCc1cc(OC2CCCCC2)ccn1. The molecule has 0 bridgehead atoms. The zero-order valence-corrected chi connectivity index (χ0v) is 12.4. The second kappa shape index (κ2) is 6.38. The predicted molar refractivity (Wildman–Crippen MR) is 78.3 cm³/mol. The van der Waals surface area contributed by atoms with Gasteiger partial charge in [0.1, 0.15) is 5.75 Å². The fourth-order valence-corrected chi connectivity index (χ4v) is 2.36. The van der Waals surface area contributed by atoms with Crippen LogP contribution in [0.25, 0.3) is 0 Å². The summed E-state index contributed by atoms with van der Waals surface area (Å²) in [6.07, 6.45) is 8.59. The van der Waals surface area contributed by atoms with Crippen LogP contribution < -0.4 is 10.1 Å². The summed E-state index contributed by atoms with van der Waals surface area (Å²) in [6, 6.07) is 4.03. The van der Waals surface area contributed by atoms with Crippen LogP contribution in [0.4, 0.5) is 0 Å². The summed E-state index contributed by atoms with van der Waals surface area (Å²) in [7, 11) is 0. The molecule has 0 unspecified atom stereocenters. The molecule has 0 amide bonds. The van der Waals surface area contributed by atoms with Gasteiger partial charge in [0.15, 0.2) is 0 Å². The molecule has 0 radical (unpaired) electrons. The number of aromatic nitrogens is 1. The molecule has 3 nitrogen and oxygen atoms in total. The van der Waals surface area contributed by atoms with Crippen LogP contribution in [0.3, 0.4) is 0 Å². The van der Waals surface area contributed by atoms with Crippen molar-refractivity contribution in [3.63, 3.8) is 0 Å². The number of nitrogens with one attached hydrogen (secondary N) is 1. The van der Waals surface area contributed by atoms with Crippen molar-refractivity contribution in [2.75, 3.05) is 0 Å². The summed E-state index contributed by atoms with van der Waals surface area (Å²) in [5.41, 5.74) is 1.16. The quantitative estimate of drug-likeness (QED) is 0.898. The minimum Gasteiger partial charge on any atom is -0.490 e. The van der Waals surface area contributed by atoms with Crippen molar-refractivity contribution in [1.82, 2.24) is 10.3 Å². The summed E-state index contributed by atoms with van der Waals surface area (Å²) in [4.78, 5) is 4.39. The molecular weight excluding hydrogens is 236 g/mol. The van der Waals surface area contributed by atoms with Crippen LogP contribution in [0.2, 0.25) is 0 Å². The first-order valence-electron chi connectivity index (χ1n) is 7.39. The molecule has 1 aromatic heterocycles. The van der Waals surface area contributed by atoms with Gasteiger partial charge < -0.3 is 10.1 Å². The van der Waals surface area contributed by atoms with E-state index in [4.69, 9.17) is 4.74 Å². The van der Waals surface area contributed by atoms with E-state index in [0.29, 0.717) is 6.10 Å². The van der Waals surface area contributed by atoms with Crippen LogP contribution in [0, 0.1) is 0 Å². The zero-order valence-electron chi connectivity index (χ0n) is 12.4. The van der Waals surface area contributed by atoms with Gasteiger partial charge in [0.2, 0.25) is 0 Å². The third-order valence-corrected chi connectivity index (χ3v) is 3.44. The average molecular weight is 262 g/mol. The van der Waals surface area contributed by atoms with Crippen molar-refractivity contribution in [1.29, 1.82) is 0 Å². The van der Waals surface area contributed by atoms with Crippen LogP contribution in [-0.2, 0) is 6.54 Å². The minimum atomic E-state index is 0.113. The van der Waals surface area contributed by atoms with Crippen molar-refractivity contribution in [3.05, 3.63) is 24.0 Å². The molecule has 0 spiro atoms. The Kier molecular flexibility index (Phi) is 4.81. The van der Waals surface area contributed by atoms with E-state index < -0.39 is 0 Å². The Morgan fingerprint density at radius 3 is 2.68 bits per heavy atom. The predicted octanol–water partition coefficient (Wildman–Crippen LogP) is 3.68. The largest absolute Gasteiger partial charge is 0.490 e. The molecule has 1 fully saturated rings. The summed E-state index contributed by atoms with van der Waals surface area (Å²) in [5.74, 6) is 0.965. The van der Waals surface area contributed by atoms with Gasteiger partial charge in [0.05, 0.1) is 11.8 Å². The lowest BCUT2D eigenvalue weighted by molar-refractivity contribution is 0.154. The summed E-state index contributed by atoms with van der Waals surface area (Å²) < 4.78 is 6.06. The molecule has 1 aliphatic rings. The molecule has 19 heavy (non-hydrogen) atoms. The van der Waals surface area contributed by atoms with Crippen molar-refractivity contribution < 1.29 is 4.74 Å².